The van der Waals surface area contributed by atoms with Gasteiger partial charge in [-0.15, -0.1) is 0 Å². The van der Waals surface area contributed by atoms with Crippen molar-refractivity contribution in [3.63, 3.8) is 0 Å². The first-order chi connectivity index (χ1) is 13.1. The normalized spacial score (nSPS) is 21.0. The lowest BCUT2D eigenvalue weighted by Crippen LogP contribution is -3.09. The molecule has 1 saturated heterocycles. The highest BCUT2D eigenvalue weighted by atomic mass is 19.4. The van der Waals surface area contributed by atoms with Gasteiger partial charge in [-0.3, -0.25) is 4.79 Å². The molecule has 2 aromatic rings. The molecule has 28 heavy (non-hydrogen) atoms. The molecule has 0 spiro atoms. The molecule has 3 amide bonds. The van der Waals surface area contributed by atoms with E-state index < -0.39 is 23.3 Å². The molecule has 2 N–H and O–H groups in total. The number of alkyl halides is 3. The monoisotopic (exact) mass is 392 g/mol. The topological polar surface area (TPSA) is 53.9 Å². The van der Waals surface area contributed by atoms with Gasteiger partial charge in [0.15, 0.2) is 6.67 Å². The molecular weight excluding hydrogens is 371 g/mol. The molecule has 148 valence electrons. The van der Waals surface area contributed by atoms with E-state index in [0.717, 1.165) is 21.9 Å². The third-order valence-electron chi connectivity index (χ3n) is 4.84. The minimum Gasteiger partial charge on any atom is -0.319 e. The Bertz CT molecular complexity index is 869. The van der Waals surface area contributed by atoms with Crippen LogP contribution >= 0.6 is 0 Å². The number of carbonyl (C=O) groups is 2. The van der Waals surface area contributed by atoms with Crippen LogP contribution in [0.5, 0.6) is 0 Å². The highest BCUT2D eigenvalue weighted by molar-refractivity contribution is 6.07. The molecule has 2 atom stereocenters. The highest BCUT2D eigenvalue weighted by Gasteiger charge is 2.49. The average Bonchev–Trinajstić information content (AvgIpc) is 2.86. The molecule has 1 fully saturated rings. The third-order valence-corrected chi connectivity index (χ3v) is 4.84. The Morgan fingerprint density at radius 2 is 1.64 bits per heavy atom. The number of halogens is 3. The summed E-state index contributed by atoms with van der Waals surface area (Å²) < 4.78 is 38.0. The van der Waals surface area contributed by atoms with Crippen LogP contribution in [-0.4, -0.2) is 30.6 Å². The minimum absolute atomic E-state index is 0.105. The molecule has 2 aromatic carbocycles. The molecule has 8 heteroatoms. The number of nitrogens with one attached hydrogen (secondary N) is 2. The number of quaternary nitrogens is 1. The number of hydrogen-bond donors (Lipinski definition) is 2. The summed E-state index contributed by atoms with van der Waals surface area (Å²) in [6, 6.07) is 13.4. The second-order valence-electron chi connectivity index (χ2n) is 7.14. The molecule has 1 heterocycles. The number of hydrogen-bond acceptors (Lipinski definition) is 2. The van der Waals surface area contributed by atoms with E-state index in [1.165, 1.54) is 12.1 Å². The Hall–Kier alpha value is -2.87. The first kappa shape index (κ1) is 19.9. The van der Waals surface area contributed by atoms with Crippen molar-refractivity contribution in [2.75, 3.05) is 13.7 Å². The van der Waals surface area contributed by atoms with Crippen molar-refractivity contribution in [1.29, 1.82) is 0 Å². The standard InChI is InChI=1S/C20H20F3N3O2/c1-19(15-6-4-3-5-7-15)17(27)26(18(28)24-19)13-25(2)12-14-8-10-16(11-9-14)20(21,22)23/h3-11H,12-13H2,1-2H3,(H,24,28)/p+1/t19-/m0/s1. The van der Waals surface area contributed by atoms with Crippen molar-refractivity contribution in [1.82, 2.24) is 10.2 Å². The highest BCUT2D eigenvalue weighted by Crippen LogP contribution is 2.29. The Morgan fingerprint density at radius 1 is 1.04 bits per heavy atom. The predicted octanol–water partition coefficient (Wildman–Crippen LogP) is 2.14. The van der Waals surface area contributed by atoms with Crippen LogP contribution in [0.15, 0.2) is 54.6 Å². The second-order valence-corrected chi connectivity index (χ2v) is 7.14. The average molecular weight is 392 g/mol. The van der Waals surface area contributed by atoms with Gasteiger partial charge in [-0.2, -0.15) is 13.2 Å². The maximum absolute atomic E-state index is 12.9. The lowest BCUT2D eigenvalue weighted by atomic mass is 9.92. The van der Waals surface area contributed by atoms with Gasteiger partial charge in [-0.1, -0.05) is 42.5 Å². The van der Waals surface area contributed by atoms with Crippen LogP contribution in [-0.2, 0) is 23.1 Å². The molecule has 1 aliphatic heterocycles. The van der Waals surface area contributed by atoms with Gasteiger partial charge >= 0.3 is 12.2 Å². The second kappa shape index (κ2) is 7.27. The van der Waals surface area contributed by atoms with E-state index in [9.17, 15) is 22.8 Å². The number of benzene rings is 2. The zero-order valence-electron chi connectivity index (χ0n) is 15.5. The zero-order valence-corrected chi connectivity index (χ0v) is 15.5. The van der Waals surface area contributed by atoms with Crippen molar-refractivity contribution in [3.05, 3.63) is 71.3 Å². The van der Waals surface area contributed by atoms with Gasteiger partial charge in [0.25, 0.3) is 5.91 Å². The zero-order chi connectivity index (χ0) is 20.5. The van der Waals surface area contributed by atoms with Gasteiger partial charge in [-0.05, 0) is 24.6 Å². The summed E-state index contributed by atoms with van der Waals surface area (Å²) in [5.74, 6) is -0.351. The molecule has 0 saturated carbocycles. The molecule has 3 rings (SSSR count). The van der Waals surface area contributed by atoms with Gasteiger partial charge < -0.3 is 10.2 Å². The number of urea groups is 1. The predicted molar refractivity (Wildman–Crippen MR) is 96.1 cm³/mol. The SMILES string of the molecule is C[NH+](Cc1ccc(C(F)(F)F)cc1)CN1C(=O)N[C@@](C)(c2ccccc2)C1=O. The Balaban J connectivity index is 1.68. The van der Waals surface area contributed by atoms with Crippen LogP contribution in [0.25, 0.3) is 0 Å². The van der Waals surface area contributed by atoms with E-state index in [0.29, 0.717) is 17.7 Å². The Kier molecular flexibility index (Phi) is 5.16. The van der Waals surface area contributed by atoms with Crippen LogP contribution < -0.4 is 10.2 Å². The van der Waals surface area contributed by atoms with Crippen molar-refractivity contribution in [2.45, 2.75) is 25.2 Å². The van der Waals surface area contributed by atoms with Crippen LogP contribution in [0, 0.1) is 0 Å². The third kappa shape index (κ3) is 3.87. The van der Waals surface area contributed by atoms with E-state index >= 15 is 0 Å². The molecular formula is C20H21F3N3O2+. The minimum atomic E-state index is -4.38. The quantitative estimate of drug-likeness (QED) is 0.767. The molecule has 0 bridgehead atoms. The van der Waals surface area contributed by atoms with Crippen LogP contribution in [0.2, 0.25) is 0 Å². The fourth-order valence-corrected chi connectivity index (χ4v) is 3.29. The lowest BCUT2D eigenvalue weighted by molar-refractivity contribution is -0.901. The number of carbonyl (C=O) groups excluding carboxylic acids is 2. The molecule has 0 aliphatic carbocycles. The smallest absolute Gasteiger partial charge is 0.319 e. The first-order valence-corrected chi connectivity index (χ1v) is 8.78. The van der Waals surface area contributed by atoms with Crippen LogP contribution in [0.1, 0.15) is 23.6 Å². The van der Waals surface area contributed by atoms with E-state index in [2.05, 4.69) is 5.32 Å². The number of imide groups is 1. The maximum atomic E-state index is 12.9. The number of amides is 3. The van der Waals surface area contributed by atoms with Crippen molar-refractivity contribution in [3.8, 4) is 0 Å². The van der Waals surface area contributed by atoms with E-state index in [1.807, 2.05) is 6.07 Å². The summed E-state index contributed by atoms with van der Waals surface area (Å²) in [7, 11) is 1.77. The Labute approximate surface area is 160 Å². The molecule has 1 unspecified atom stereocenters. The van der Waals surface area contributed by atoms with E-state index in [1.54, 1.807) is 38.2 Å². The fourth-order valence-electron chi connectivity index (χ4n) is 3.29. The molecule has 0 aromatic heterocycles. The number of rotatable bonds is 5. The summed E-state index contributed by atoms with van der Waals surface area (Å²) in [6.45, 7) is 2.14. The maximum Gasteiger partial charge on any atom is 0.416 e. The van der Waals surface area contributed by atoms with Crippen molar-refractivity contribution >= 4 is 11.9 Å². The van der Waals surface area contributed by atoms with Crippen molar-refractivity contribution in [2.24, 2.45) is 0 Å². The van der Waals surface area contributed by atoms with Gasteiger partial charge in [0.2, 0.25) is 0 Å². The van der Waals surface area contributed by atoms with Gasteiger partial charge in [0, 0.05) is 5.56 Å². The van der Waals surface area contributed by atoms with Gasteiger partial charge in [-0.25, -0.2) is 9.69 Å². The van der Waals surface area contributed by atoms with Gasteiger partial charge in [0.1, 0.15) is 12.1 Å². The summed E-state index contributed by atoms with van der Waals surface area (Å²) in [4.78, 5) is 27.2. The first-order valence-electron chi connectivity index (χ1n) is 8.78. The summed E-state index contributed by atoms with van der Waals surface area (Å²) in [6.07, 6.45) is -4.38. The molecule has 0 radical (unpaired) electrons. The summed E-state index contributed by atoms with van der Waals surface area (Å²) in [5.41, 5.74) is -0.464. The van der Waals surface area contributed by atoms with E-state index in [-0.39, 0.29) is 12.6 Å². The molecule has 5 nitrogen and oxygen atoms in total. The lowest BCUT2D eigenvalue weighted by Gasteiger charge is -2.23. The summed E-state index contributed by atoms with van der Waals surface area (Å²) >= 11 is 0. The van der Waals surface area contributed by atoms with E-state index in [4.69, 9.17) is 0 Å². The number of nitrogens with zero attached hydrogens (tertiary/aromatic N) is 1. The Morgan fingerprint density at radius 3 is 2.21 bits per heavy atom. The van der Waals surface area contributed by atoms with Crippen LogP contribution in [0.3, 0.4) is 0 Å². The van der Waals surface area contributed by atoms with Crippen molar-refractivity contribution < 1.29 is 27.7 Å². The van der Waals surface area contributed by atoms with Gasteiger partial charge in [0.05, 0.1) is 12.6 Å². The summed E-state index contributed by atoms with van der Waals surface area (Å²) in [5, 5.41) is 2.74. The largest absolute Gasteiger partial charge is 0.416 e. The molecule has 1 aliphatic rings. The fraction of sp³-hybridized carbons (Fsp3) is 0.300. The van der Waals surface area contributed by atoms with Crippen LogP contribution in [0.4, 0.5) is 18.0 Å².